The molecule has 132 valence electrons. The van der Waals surface area contributed by atoms with E-state index in [0.29, 0.717) is 12.6 Å². The number of fused-ring (bicyclic) bond motifs is 4. The first kappa shape index (κ1) is 15.2. The Kier molecular flexibility index (Phi) is 3.51. The van der Waals surface area contributed by atoms with Gasteiger partial charge in [0.1, 0.15) is 11.5 Å². The second-order valence-corrected chi connectivity index (χ2v) is 6.90. The van der Waals surface area contributed by atoms with Gasteiger partial charge in [-0.25, -0.2) is 14.8 Å². The molecule has 0 aromatic carbocycles. The molecule has 5 rings (SSSR count). The summed E-state index contributed by atoms with van der Waals surface area (Å²) >= 11 is 0. The van der Waals surface area contributed by atoms with Gasteiger partial charge >= 0.3 is 6.03 Å². The monoisotopic (exact) mass is 348 g/mol. The van der Waals surface area contributed by atoms with E-state index in [0.717, 1.165) is 48.6 Å². The van der Waals surface area contributed by atoms with Gasteiger partial charge in [-0.2, -0.15) is 0 Å². The minimum atomic E-state index is -0.0759. The molecule has 3 aromatic rings. The fourth-order valence-corrected chi connectivity index (χ4v) is 3.99. The number of rotatable bonds is 1. The fourth-order valence-electron chi connectivity index (χ4n) is 3.99. The van der Waals surface area contributed by atoms with E-state index < -0.39 is 0 Å². The first-order chi connectivity index (χ1) is 12.8. The van der Waals surface area contributed by atoms with Crippen molar-refractivity contribution < 1.29 is 4.79 Å². The summed E-state index contributed by atoms with van der Waals surface area (Å²) in [6, 6.07) is 8.06. The maximum atomic E-state index is 12.9. The zero-order chi connectivity index (χ0) is 17.5. The van der Waals surface area contributed by atoms with Gasteiger partial charge in [-0.3, -0.25) is 0 Å². The Morgan fingerprint density at radius 2 is 2.15 bits per heavy atom. The molecule has 0 saturated carbocycles. The second kappa shape index (κ2) is 6.01. The molecule has 1 saturated heterocycles. The predicted molar refractivity (Wildman–Crippen MR) is 99.2 cm³/mol. The van der Waals surface area contributed by atoms with Gasteiger partial charge in [0.25, 0.3) is 0 Å². The predicted octanol–water partition coefficient (Wildman–Crippen LogP) is 2.75. The van der Waals surface area contributed by atoms with Crippen molar-refractivity contribution in [3.8, 4) is 0 Å². The van der Waals surface area contributed by atoms with Crippen LogP contribution in [0.15, 0.2) is 49.1 Å². The first-order valence-corrected chi connectivity index (χ1v) is 8.97. The Bertz CT molecular complexity index is 967. The summed E-state index contributed by atoms with van der Waals surface area (Å²) < 4.78 is 1.90. The summed E-state index contributed by atoms with van der Waals surface area (Å²) in [7, 11) is 0. The molecule has 0 radical (unpaired) electrons. The van der Waals surface area contributed by atoms with Crippen molar-refractivity contribution >= 4 is 23.2 Å². The molecule has 2 aliphatic heterocycles. The smallest absolute Gasteiger partial charge is 0.322 e. The standard InChI is InChI=1S/C19H20N6O/c26-19(22-15-5-6-17-20-8-10-23(17)12-15)24-11-14-3-1-7-21-18(14)25-9-2-4-16(25)13-24/h1,3,5-8,10,12,16H,2,4,9,11,13H2,(H,22,26)/t16-/m1/s1. The van der Waals surface area contributed by atoms with Crippen molar-refractivity contribution in [1.82, 2.24) is 19.3 Å². The van der Waals surface area contributed by atoms with Crippen LogP contribution in [-0.2, 0) is 6.54 Å². The number of carbonyl (C=O) groups is 1. The van der Waals surface area contributed by atoms with Gasteiger partial charge in [-0.15, -0.1) is 0 Å². The Morgan fingerprint density at radius 3 is 3.12 bits per heavy atom. The summed E-state index contributed by atoms with van der Waals surface area (Å²) in [6.07, 6.45) is 9.58. The van der Waals surface area contributed by atoms with Crippen LogP contribution < -0.4 is 10.2 Å². The Hall–Kier alpha value is -3.09. The van der Waals surface area contributed by atoms with Crippen molar-refractivity contribution in [2.24, 2.45) is 0 Å². The molecule has 0 spiro atoms. The largest absolute Gasteiger partial charge is 0.352 e. The molecular weight excluding hydrogens is 328 g/mol. The number of pyridine rings is 2. The molecule has 2 aliphatic rings. The molecule has 7 heteroatoms. The molecule has 0 aliphatic carbocycles. The lowest BCUT2D eigenvalue weighted by Gasteiger charge is -2.27. The summed E-state index contributed by atoms with van der Waals surface area (Å²) in [5.74, 6) is 1.03. The van der Waals surface area contributed by atoms with Crippen LogP contribution in [0, 0.1) is 0 Å². The molecule has 0 unspecified atom stereocenters. The van der Waals surface area contributed by atoms with Gasteiger partial charge in [0.15, 0.2) is 0 Å². The molecular formula is C19H20N6O. The normalized spacial score (nSPS) is 19.2. The highest BCUT2D eigenvalue weighted by atomic mass is 16.2. The number of nitrogens with zero attached hydrogens (tertiary/aromatic N) is 5. The van der Waals surface area contributed by atoms with E-state index in [1.165, 1.54) is 0 Å². The number of carbonyl (C=O) groups excluding carboxylic acids is 1. The second-order valence-electron chi connectivity index (χ2n) is 6.90. The average molecular weight is 348 g/mol. The topological polar surface area (TPSA) is 65.8 Å². The van der Waals surface area contributed by atoms with Crippen LogP contribution in [0.3, 0.4) is 0 Å². The zero-order valence-electron chi connectivity index (χ0n) is 14.4. The van der Waals surface area contributed by atoms with Gasteiger partial charge in [-0.05, 0) is 31.0 Å². The minimum Gasteiger partial charge on any atom is -0.352 e. The fraction of sp³-hybridized carbons (Fsp3) is 0.316. The summed E-state index contributed by atoms with van der Waals surface area (Å²) in [5, 5.41) is 3.03. The van der Waals surface area contributed by atoms with Crippen molar-refractivity contribution in [1.29, 1.82) is 0 Å². The van der Waals surface area contributed by atoms with Gasteiger partial charge in [0.05, 0.1) is 12.2 Å². The minimum absolute atomic E-state index is 0.0759. The van der Waals surface area contributed by atoms with Crippen molar-refractivity contribution in [2.75, 3.05) is 23.3 Å². The number of anilines is 2. The number of amides is 2. The molecule has 1 fully saturated rings. The number of aromatic nitrogens is 3. The van der Waals surface area contributed by atoms with Crippen LogP contribution >= 0.6 is 0 Å². The van der Waals surface area contributed by atoms with Crippen molar-refractivity contribution in [3.05, 3.63) is 54.6 Å². The molecule has 26 heavy (non-hydrogen) atoms. The molecule has 0 bridgehead atoms. The number of nitrogens with one attached hydrogen (secondary N) is 1. The number of imidazole rings is 1. The molecule has 1 N–H and O–H groups in total. The van der Waals surface area contributed by atoms with Gasteiger partial charge < -0.3 is 19.5 Å². The third-order valence-corrected chi connectivity index (χ3v) is 5.24. The lowest BCUT2D eigenvalue weighted by Crippen LogP contribution is -2.42. The number of hydrogen-bond acceptors (Lipinski definition) is 4. The zero-order valence-corrected chi connectivity index (χ0v) is 14.4. The van der Waals surface area contributed by atoms with Gasteiger partial charge in [0.2, 0.25) is 0 Å². The van der Waals surface area contributed by atoms with Gasteiger partial charge in [0, 0.05) is 49.5 Å². The molecule has 2 amide bonds. The lowest BCUT2D eigenvalue weighted by molar-refractivity contribution is 0.207. The Morgan fingerprint density at radius 1 is 1.19 bits per heavy atom. The molecule has 3 aromatic heterocycles. The Balaban J connectivity index is 1.41. The number of hydrogen-bond donors (Lipinski definition) is 1. The maximum absolute atomic E-state index is 12.9. The third kappa shape index (κ3) is 2.56. The lowest BCUT2D eigenvalue weighted by atomic mass is 10.2. The highest BCUT2D eigenvalue weighted by Gasteiger charge is 2.33. The van der Waals surface area contributed by atoms with Crippen molar-refractivity contribution in [2.45, 2.75) is 25.4 Å². The molecule has 1 atom stereocenters. The Labute approximate surface area is 151 Å². The SMILES string of the molecule is O=C(Nc1ccc2nccn2c1)N1Cc2cccnc2N2CCC[C@@H]2C1. The van der Waals surface area contributed by atoms with E-state index in [-0.39, 0.29) is 6.03 Å². The van der Waals surface area contributed by atoms with E-state index in [2.05, 4.69) is 26.3 Å². The summed E-state index contributed by atoms with van der Waals surface area (Å²) in [4.78, 5) is 26.0. The van der Waals surface area contributed by atoms with E-state index in [1.807, 2.05) is 46.1 Å². The number of urea groups is 1. The van der Waals surface area contributed by atoms with E-state index in [4.69, 9.17) is 0 Å². The summed E-state index contributed by atoms with van der Waals surface area (Å²) in [5.41, 5.74) is 2.73. The third-order valence-electron chi connectivity index (χ3n) is 5.24. The maximum Gasteiger partial charge on any atom is 0.322 e. The van der Waals surface area contributed by atoms with Gasteiger partial charge in [-0.1, -0.05) is 6.07 Å². The van der Waals surface area contributed by atoms with Crippen LogP contribution in [0.25, 0.3) is 5.65 Å². The molecule has 5 heterocycles. The van der Waals surface area contributed by atoms with Crippen molar-refractivity contribution in [3.63, 3.8) is 0 Å². The highest BCUT2D eigenvalue weighted by molar-refractivity contribution is 5.89. The highest BCUT2D eigenvalue weighted by Crippen LogP contribution is 2.31. The van der Waals surface area contributed by atoms with Crippen LogP contribution in [0.4, 0.5) is 16.3 Å². The van der Waals surface area contributed by atoms with Crippen LogP contribution in [0.1, 0.15) is 18.4 Å². The first-order valence-electron chi connectivity index (χ1n) is 8.97. The summed E-state index contributed by atoms with van der Waals surface area (Å²) in [6.45, 7) is 2.31. The van der Waals surface area contributed by atoms with Crippen LogP contribution in [-0.4, -0.2) is 44.4 Å². The van der Waals surface area contributed by atoms with E-state index in [1.54, 1.807) is 6.20 Å². The average Bonchev–Trinajstić information content (AvgIpc) is 3.27. The van der Waals surface area contributed by atoms with Crippen LogP contribution in [0.2, 0.25) is 0 Å². The van der Waals surface area contributed by atoms with E-state index >= 15 is 0 Å². The molecule has 7 nitrogen and oxygen atoms in total. The quantitative estimate of drug-likeness (QED) is 0.734. The van der Waals surface area contributed by atoms with E-state index in [9.17, 15) is 4.79 Å². The van der Waals surface area contributed by atoms with Crippen LogP contribution in [0.5, 0.6) is 0 Å².